The van der Waals surface area contributed by atoms with Crippen molar-refractivity contribution in [2.75, 3.05) is 29.4 Å². The standard InChI is InChI=1S/C21H23ClN4O2/c22-17-5-1-2-6-18(17)26-14-16(12-20(26)27)21(28)24-13-15-7-8-23-19(11-15)25-9-3-4-10-25/h1-2,5-8,11,16H,3-4,9-10,12-14H2,(H,24,28). The zero-order valence-electron chi connectivity index (χ0n) is 15.6. The van der Waals surface area contributed by atoms with E-state index in [9.17, 15) is 9.59 Å². The molecular weight excluding hydrogens is 376 g/mol. The lowest BCUT2D eigenvalue weighted by molar-refractivity contribution is -0.126. The Morgan fingerprint density at radius 1 is 1.21 bits per heavy atom. The second-order valence-electron chi connectivity index (χ2n) is 7.29. The van der Waals surface area contributed by atoms with Gasteiger partial charge in [0.2, 0.25) is 11.8 Å². The van der Waals surface area contributed by atoms with Crippen LogP contribution in [0.2, 0.25) is 5.02 Å². The van der Waals surface area contributed by atoms with Crippen LogP contribution in [0.4, 0.5) is 11.5 Å². The minimum absolute atomic E-state index is 0.0755. The molecule has 2 amide bonds. The summed E-state index contributed by atoms with van der Waals surface area (Å²) in [6, 6.07) is 11.2. The topological polar surface area (TPSA) is 65.5 Å². The summed E-state index contributed by atoms with van der Waals surface area (Å²) >= 11 is 6.20. The van der Waals surface area contributed by atoms with Gasteiger partial charge in [-0.2, -0.15) is 0 Å². The summed E-state index contributed by atoms with van der Waals surface area (Å²) in [7, 11) is 0. The van der Waals surface area contributed by atoms with E-state index in [0.29, 0.717) is 23.8 Å². The van der Waals surface area contributed by atoms with Crippen molar-refractivity contribution >= 4 is 34.9 Å². The van der Waals surface area contributed by atoms with Crippen LogP contribution in [0.1, 0.15) is 24.8 Å². The first-order valence-corrected chi connectivity index (χ1v) is 10.0. The summed E-state index contributed by atoms with van der Waals surface area (Å²) in [4.78, 5) is 33.3. The molecule has 0 radical (unpaired) electrons. The molecule has 2 saturated heterocycles. The number of anilines is 2. The van der Waals surface area contributed by atoms with Gasteiger partial charge in [0, 0.05) is 38.8 Å². The molecule has 0 saturated carbocycles. The maximum atomic E-state index is 12.6. The number of hydrogen-bond acceptors (Lipinski definition) is 4. The number of carbonyl (C=O) groups excluding carboxylic acids is 2. The van der Waals surface area contributed by atoms with E-state index in [1.807, 2.05) is 24.3 Å². The Bertz CT molecular complexity index is 882. The lowest BCUT2D eigenvalue weighted by atomic mass is 10.1. The summed E-state index contributed by atoms with van der Waals surface area (Å²) in [6.45, 7) is 2.85. The normalized spacial score (nSPS) is 19.3. The SMILES string of the molecule is O=C(NCc1ccnc(N2CCCC2)c1)C1CC(=O)N(c2ccccc2Cl)C1. The summed E-state index contributed by atoms with van der Waals surface area (Å²) in [5.41, 5.74) is 1.67. The fourth-order valence-electron chi connectivity index (χ4n) is 3.81. The summed E-state index contributed by atoms with van der Waals surface area (Å²) in [5.74, 6) is 0.407. The number of hydrogen-bond donors (Lipinski definition) is 1. The van der Waals surface area contributed by atoms with Gasteiger partial charge in [-0.05, 0) is 42.7 Å². The Morgan fingerprint density at radius 2 is 2.00 bits per heavy atom. The van der Waals surface area contributed by atoms with Gasteiger partial charge in [-0.15, -0.1) is 0 Å². The molecule has 0 bridgehead atoms. The van der Waals surface area contributed by atoms with E-state index in [-0.39, 0.29) is 24.2 Å². The first-order chi connectivity index (χ1) is 13.6. The molecule has 1 aromatic heterocycles. The number of benzene rings is 1. The van der Waals surface area contributed by atoms with Crippen molar-refractivity contribution in [1.29, 1.82) is 0 Å². The van der Waals surface area contributed by atoms with Gasteiger partial charge in [0.25, 0.3) is 0 Å². The van der Waals surface area contributed by atoms with Gasteiger partial charge in [-0.3, -0.25) is 9.59 Å². The maximum Gasteiger partial charge on any atom is 0.227 e. The fraction of sp³-hybridized carbons (Fsp3) is 0.381. The molecule has 3 heterocycles. The Hall–Kier alpha value is -2.60. The van der Waals surface area contributed by atoms with Gasteiger partial charge in [-0.1, -0.05) is 23.7 Å². The summed E-state index contributed by atoms with van der Waals surface area (Å²) in [6.07, 6.45) is 4.38. The number of nitrogens with zero attached hydrogens (tertiary/aromatic N) is 3. The number of carbonyl (C=O) groups is 2. The smallest absolute Gasteiger partial charge is 0.227 e. The summed E-state index contributed by atoms with van der Waals surface area (Å²) in [5, 5.41) is 3.49. The molecule has 4 rings (SSSR count). The van der Waals surface area contributed by atoms with Crippen LogP contribution in [-0.2, 0) is 16.1 Å². The van der Waals surface area contributed by atoms with Crippen LogP contribution >= 0.6 is 11.6 Å². The second-order valence-corrected chi connectivity index (χ2v) is 7.70. The fourth-order valence-corrected chi connectivity index (χ4v) is 4.05. The average molecular weight is 399 g/mol. The largest absolute Gasteiger partial charge is 0.357 e. The highest BCUT2D eigenvalue weighted by Gasteiger charge is 2.35. The molecule has 2 aliphatic rings. The van der Waals surface area contributed by atoms with Gasteiger partial charge in [0.1, 0.15) is 5.82 Å². The molecule has 2 aromatic rings. The van der Waals surface area contributed by atoms with Gasteiger partial charge in [0.15, 0.2) is 0 Å². The molecule has 1 atom stereocenters. The Labute approximate surface area is 169 Å². The number of nitrogens with one attached hydrogen (secondary N) is 1. The molecular formula is C21H23ClN4O2. The van der Waals surface area contributed by atoms with Crippen molar-refractivity contribution in [3.05, 3.63) is 53.2 Å². The highest BCUT2D eigenvalue weighted by Crippen LogP contribution is 2.31. The minimum atomic E-state index is -0.372. The third-order valence-corrected chi connectivity index (χ3v) is 5.67. The van der Waals surface area contributed by atoms with Crippen molar-refractivity contribution in [2.24, 2.45) is 5.92 Å². The maximum absolute atomic E-state index is 12.6. The first-order valence-electron chi connectivity index (χ1n) is 9.64. The number of para-hydroxylation sites is 1. The van der Waals surface area contributed by atoms with Crippen LogP contribution in [0, 0.1) is 5.92 Å². The lowest BCUT2D eigenvalue weighted by Crippen LogP contribution is -2.32. The number of halogens is 1. The molecule has 7 heteroatoms. The average Bonchev–Trinajstić information content (AvgIpc) is 3.37. The van der Waals surface area contributed by atoms with E-state index in [2.05, 4.69) is 15.2 Å². The zero-order valence-corrected chi connectivity index (χ0v) is 16.4. The zero-order chi connectivity index (χ0) is 19.5. The van der Waals surface area contributed by atoms with E-state index in [1.165, 1.54) is 12.8 Å². The number of amides is 2. The van der Waals surface area contributed by atoms with Crippen molar-refractivity contribution in [2.45, 2.75) is 25.8 Å². The van der Waals surface area contributed by atoms with Crippen LogP contribution in [0.15, 0.2) is 42.6 Å². The highest BCUT2D eigenvalue weighted by molar-refractivity contribution is 6.33. The monoisotopic (exact) mass is 398 g/mol. The van der Waals surface area contributed by atoms with Gasteiger partial charge in [-0.25, -0.2) is 4.98 Å². The molecule has 0 spiro atoms. The van der Waals surface area contributed by atoms with Crippen molar-refractivity contribution in [3.63, 3.8) is 0 Å². The third-order valence-electron chi connectivity index (χ3n) is 5.35. The Kier molecular flexibility index (Phi) is 5.48. The van der Waals surface area contributed by atoms with E-state index in [4.69, 9.17) is 11.6 Å². The van der Waals surface area contributed by atoms with E-state index < -0.39 is 0 Å². The molecule has 1 N–H and O–H groups in total. The predicted molar refractivity (Wildman–Crippen MR) is 109 cm³/mol. The summed E-state index contributed by atoms with van der Waals surface area (Å²) < 4.78 is 0. The molecule has 2 aliphatic heterocycles. The van der Waals surface area contributed by atoms with Gasteiger partial charge < -0.3 is 15.1 Å². The highest BCUT2D eigenvalue weighted by atomic mass is 35.5. The first kappa shape index (κ1) is 18.7. The van der Waals surface area contributed by atoms with E-state index in [0.717, 1.165) is 24.5 Å². The predicted octanol–water partition coefficient (Wildman–Crippen LogP) is 3.00. The van der Waals surface area contributed by atoms with Crippen LogP contribution in [0.3, 0.4) is 0 Å². The molecule has 1 aromatic carbocycles. The molecule has 6 nitrogen and oxygen atoms in total. The van der Waals surface area contributed by atoms with Crippen LogP contribution in [0.5, 0.6) is 0 Å². The van der Waals surface area contributed by atoms with Crippen molar-refractivity contribution < 1.29 is 9.59 Å². The number of pyridine rings is 1. The van der Waals surface area contributed by atoms with Crippen molar-refractivity contribution in [1.82, 2.24) is 10.3 Å². The van der Waals surface area contributed by atoms with Gasteiger partial charge >= 0.3 is 0 Å². The molecule has 146 valence electrons. The third kappa shape index (κ3) is 3.97. The van der Waals surface area contributed by atoms with Crippen LogP contribution in [0.25, 0.3) is 0 Å². The minimum Gasteiger partial charge on any atom is -0.357 e. The number of rotatable bonds is 5. The van der Waals surface area contributed by atoms with Gasteiger partial charge in [0.05, 0.1) is 16.6 Å². The number of aromatic nitrogens is 1. The van der Waals surface area contributed by atoms with Crippen LogP contribution < -0.4 is 15.1 Å². The molecule has 28 heavy (non-hydrogen) atoms. The van der Waals surface area contributed by atoms with E-state index >= 15 is 0 Å². The van der Waals surface area contributed by atoms with Crippen LogP contribution in [-0.4, -0.2) is 36.4 Å². The molecule has 0 aliphatic carbocycles. The quantitative estimate of drug-likeness (QED) is 0.840. The second kappa shape index (κ2) is 8.19. The molecule has 2 fully saturated rings. The van der Waals surface area contributed by atoms with Crippen molar-refractivity contribution in [3.8, 4) is 0 Å². The molecule has 1 unspecified atom stereocenters. The lowest BCUT2D eigenvalue weighted by Gasteiger charge is -2.18. The Balaban J connectivity index is 1.36. The van der Waals surface area contributed by atoms with E-state index in [1.54, 1.807) is 23.2 Å². The Morgan fingerprint density at radius 3 is 2.79 bits per heavy atom.